The first-order valence-electron chi connectivity index (χ1n) is 8.16. The average Bonchev–Trinajstić information content (AvgIpc) is 3.29. The fourth-order valence-corrected chi connectivity index (χ4v) is 5.24. The van der Waals surface area contributed by atoms with Crippen LogP contribution in [-0.4, -0.2) is 20.6 Å². The first kappa shape index (κ1) is 16.5. The third kappa shape index (κ3) is 2.82. The van der Waals surface area contributed by atoms with Gasteiger partial charge in [0, 0.05) is 48.7 Å². The quantitative estimate of drug-likeness (QED) is 0.708. The van der Waals surface area contributed by atoms with Crippen LogP contribution in [0.5, 0.6) is 0 Å². The van der Waals surface area contributed by atoms with Crippen LogP contribution in [0.4, 0.5) is 0 Å². The molecule has 1 atom stereocenters. The van der Waals surface area contributed by atoms with Crippen LogP contribution in [0.15, 0.2) is 44.6 Å². The van der Waals surface area contributed by atoms with Crippen molar-refractivity contribution in [3.05, 3.63) is 76.9 Å². The molecule has 0 aromatic carbocycles. The maximum Gasteiger partial charge on any atom is 0.330 e. The molecule has 0 radical (unpaired) electrons. The maximum atomic E-state index is 12.2. The van der Waals surface area contributed by atoms with Crippen LogP contribution in [0.25, 0.3) is 0 Å². The summed E-state index contributed by atoms with van der Waals surface area (Å²) >= 11 is 3.57. The van der Waals surface area contributed by atoms with E-state index in [2.05, 4.69) is 33.9 Å². The first-order valence-corrected chi connectivity index (χ1v) is 9.92. The van der Waals surface area contributed by atoms with Crippen molar-refractivity contribution >= 4 is 22.7 Å². The zero-order valence-corrected chi connectivity index (χ0v) is 15.8. The molecule has 0 fully saturated rings. The van der Waals surface area contributed by atoms with E-state index in [0.717, 1.165) is 23.2 Å². The molecule has 4 heterocycles. The molecule has 3 aromatic rings. The number of rotatable bonds is 3. The van der Waals surface area contributed by atoms with Crippen LogP contribution in [-0.2, 0) is 27.1 Å². The zero-order chi connectivity index (χ0) is 17.6. The van der Waals surface area contributed by atoms with Gasteiger partial charge in [-0.25, -0.2) is 4.79 Å². The smallest absolute Gasteiger partial charge is 0.299 e. The average molecular weight is 374 g/mol. The molecule has 1 unspecified atom stereocenters. The van der Waals surface area contributed by atoms with Gasteiger partial charge in [0.05, 0.1) is 6.04 Å². The Morgan fingerprint density at radius 3 is 2.72 bits per heavy atom. The lowest BCUT2D eigenvalue weighted by Gasteiger charge is -2.35. The molecule has 25 heavy (non-hydrogen) atoms. The second-order valence-electron chi connectivity index (χ2n) is 6.31. The fraction of sp³-hybridized carbons (Fsp3) is 0.333. The van der Waals surface area contributed by atoms with Gasteiger partial charge < -0.3 is 0 Å². The third-order valence-electron chi connectivity index (χ3n) is 4.87. The normalized spacial score (nSPS) is 17.6. The van der Waals surface area contributed by atoms with E-state index in [0.29, 0.717) is 6.54 Å². The Balaban J connectivity index is 1.76. The molecule has 1 aliphatic rings. The topological polar surface area (TPSA) is 47.2 Å². The Morgan fingerprint density at radius 2 is 1.96 bits per heavy atom. The van der Waals surface area contributed by atoms with Crippen molar-refractivity contribution in [3.63, 3.8) is 0 Å². The second kappa shape index (κ2) is 6.40. The summed E-state index contributed by atoms with van der Waals surface area (Å²) in [6, 6.07) is 8.22. The van der Waals surface area contributed by atoms with Crippen LogP contribution in [0.3, 0.4) is 0 Å². The maximum absolute atomic E-state index is 12.2. The van der Waals surface area contributed by atoms with Crippen molar-refractivity contribution < 1.29 is 0 Å². The van der Waals surface area contributed by atoms with Crippen LogP contribution >= 0.6 is 22.7 Å². The molecule has 3 aromatic heterocycles. The van der Waals surface area contributed by atoms with Crippen molar-refractivity contribution in [1.82, 2.24) is 14.0 Å². The van der Waals surface area contributed by atoms with E-state index >= 15 is 0 Å². The highest BCUT2D eigenvalue weighted by Crippen LogP contribution is 2.39. The van der Waals surface area contributed by atoms with Gasteiger partial charge in [-0.2, -0.15) is 0 Å². The molecule has 5 nitrogen and oxygen atoms in total. The number of nitrogens with zero attached hydrogens (tertiary/aromatic N) is 3. The summed E-state index contributed by atoms with van der Waals surface area (Å²) in [6.45, 7) is 1.50. The SMILES string of the molecule is Cn1c(CN2CCc3sccc3C2c2cccs2)cc(=O)n(C)c1=O. The van der Waals surface area contributed by atoms with E-state index in [1.54, 1.807) is 29.0 Å². The van der Waals surface area contributed by atoms with Gasteiger partial charge in [0.15, 0.2) is 0 Å². The van der Waals surface area contributed by atoms with E-state index in [1.807, 2.05) is 11.3 Å². The Kier molecular flexibility index (Phi) is 4.23. The number of aromatic nitrogens is 2. The Morgan fingerprint density at radius 1 is 1.12 bits per heavy atom. The molecule has 0 aliphatic carbocycles. The molecule has 0 N–H and O–H groups in total. The van der Waals surface area contributed by atoms with Gasteiger partial charge in [0.1, 0.15) is 0 Å². The predicted molar refractivity (Wildman–Crippen MR) is 102 cm³/mol. The summed E-state index contributed by atoms with van der Waals surface area (Å²) in [4.78, 5) is 29.4. The lowest BCUT2D eigenvalue weighted by atomic mass is 9.98. The number of hydrogen-bond acceptors (Lipinski definition) is 5. The van der Waals surface area contributed by atoms with E-state index in [9.17, 15) is 9.59 Å². The van der Waals surface area contributed by atoms with Crippen molar-refractivity contribution in [3.8, 4) is 0 Å². The summed E-state index contributed by atoms with van der Waals surface area (Å²) in [6.07, 6.45) is 1.01. The van der Waals surface area contributed by atoms with Gasteiger partial charge in [0.25, 0.3) is 5.56 Å². The van der Waals surface area contributed by atoms with Crippen LogP contribution in [0.1, 0.15) is 27.1 Å². The Labute approximate surface area is 153 Å². The molecular weight excluding hydrogens is 354 g/mol. The lowest BCUT2D eigenvalue weighted by molar-refractivity contribution is 0.203. The van der Waals surface area contributed by atoms with E-state index in [1.165, 1.54) is 22.4 Å². The van der Waals surface area contributed by atoms with Gasteiger partial charge >= 0.3 is 5.69 Å². The monoisotopic (exact) mass is 373 g/mol. The highest BCUT2D eigenvalue weighted by atomic mass is 32.1. The first-order chi connectivity index (χ1) is 12.1. The van der Waals surface area contributed by atoms with Gasteiger partial charge in [-0.05, 0) is 34.9 Å². The Bertz CT molecular complexity index is 1010. The molecule has 130 valence electrons. The standard InChI is InChI=1S/C18H19N3O2S2/c1-19-12(10-16(22)20(2)18(19)23)11-21-7-5-14-13(6-9-25-14)17(21)15-4-3-8-24-15/h3-4,6,8-10,17H,5,7,11H2,1-2H3. The third-order valence-corrected chi connectivity index (χ3v) is 6.79. The summed E-state index contributed by atoms with van der Waals surface area (Å²) in [5.41, 5.74) is 1.59. The summed E-state index contributed by atoms with van der Waals surface area (Å²) in [7, 11) is 3.25. The Hall–Kier alpha value is -1.96. The highest BCUT2D eigenvalue weighted by molar-refractivity contribution is 7.10. The molecule has 0 bridgehead atoms. The van der Waals surface area contributed by atoms with Gasteiger partial charge in [-0.1, -0.05) is 6.07 Å². The molecule has 0 saturated carbocycles. The lowest BCUT2D eigenvalue weighted by Crippen LogP contribution is -2.41. The van der Waals surface area contributed by atoms with Crippen LogP contribution < -0.4 is 11.2 Å². The molecule has 0 spiro atoms. The largest absolute Gasteiger partial charge is 0.330 e. The minimum absolute atomic E-state index is 0.189. The van der Waals surface area contributed by atoms with Gasteiger partial charge in [-0.3, -0.25) is 18.8 Å². The van der Waals surface area contributed by atoms with Crippen molar-refractivity contribution in [1.29, 1.82) is 0 Å². The number of fused-ring (bicyclic) bond motifs is 1. The van der Waals surface area contributed by atoms with Gasteiger partial charge in [-0.15, -0.1) is 22.7 Å². The summed E-state index contributed by atoms with van der Waals surface area (Å²) < 4.78 is 2.73. The molecule has 1 aliphatic heterocycles. The molecular formula is C18H19N3O2S2. The molecule has 0 amide bonds. The second-order valence-corrected chi connectivity index (χ2v) is 8.29. The summed E-state index contributed by atoms with van der Waals surface area (Å²) in [5, 5.41) is 4.25. The predicted octanol–water partition coefficient (Wildman–Crippen LogP) is 2.35. The summed E-state index contributed by atoms with van der Waals surface area (Å²) in [5.74, 6) is 0. The van der Waals surface area contributed by atoms with Gasteiger partial charge in [0.2, 0.25) is 0 Å². The van der Waals surface area contributed by atoms with Crippen molar-refractivity contribution in [2.45, 2.75) is 19.0 Å². The van der Waals surface area contributed by atoms with Crippen molar-refractivity contribution in [2.24, 2.45) is 14.1 Å². The fourth-order valence-electron chi connectivity index (χ4n) is 3.46. The molecule has 0 saturated heterocycles. The van der Waals surface area contributed by atoms with E-state index < -0.39 is 0 Å². The minimum atomic E-state index is -0.275. The van der Waals surface area contributed by atoms with E-state index in [4.69, 9.17) is 0 Å². The molecule has 4 rings (SSSR count). The van der Waals surface area contributed by atoms with Crippen LogP contribution in [0.2, 0.25) is 0 Å². The number of hydrogen-bond donors (Lipinski definition) is 0. The van der Waals surface area contributed by atoms with Crippen LogP contribution in [0, 0.1) is 0 Å². The zero-order valence-electron chi connectivity index (χ0n) is 14.1. The van der Waals surface area contributed by atoms with E-state index in [-0.39, 0.29) is 17.3 Å². The minimum Gasteiger partial charge on any atom is -0.299 e. The highest BCUT2D eigenvalue weighted by Gasteiger charge is 2.30. The number of thiophene rings is 2. The van der Waals surface area contributed by atoms with Crippen molar-refractivity contribution in [2.75, 3.05) is 6.54 Å². The molecule has 7 heteroatoms.